The largest absolute Gasteiger partial charge is 0.465 e. The van der Waals surface area contributed by atoms with E-state index in [1.165, 1.54) is 19.2 Å². The van der Waals surface area contributed by atoms with Gasteiger partial charge >= 0.3 is 12.1 Å². The number of hydrogen-bond donors (Lipinski definition) is 3. The maximum atomic E-state index is 13.7. The topological polar surface area (TPSA) is 119 Å². The van der Waals surface area contributed by atoms with Crippen molar-refractivity contribution in [1.82, 2.24) is 15.1 Å². The number of imide groups is 1. The van der Waals surface area contributed by atoms with Gasteiger partial charge in [0.25, 0.3) is 0 Å². The van der Waals surface area contributed by atoms with Crippen molar-refractivity contribution in [3.63, 3.8) is 0 Å². The first-order chi connectivity index (χ1) is 17.5. The second-order valence-electron chi connectivity index (χ2n) is 9.88. The lowest BCUT2D eigenvalue weighted by molar-refractivity contribution is -0.143. The van der Waals surface area contributed by atoms with E-state index < -0.39 is 29.9 Å². The molecule has 10 heteroatoms. The van der Waals surface area contributed by atoms with Crippen LogP contribution in [-0.4, -0.2) is 58.5 Å². The Morgan fingerprint density at radius 2 is 1.84 bits per heavy atom. The number of urea groups is 1. The molecule has 4 rings (SSSR count). The number of anilines is 1. The van der Waals surface area contributed by atoms with Gasteiger partial charge < -0.3 is 20.6 Å². The van der Waals surface area contributed by atoms with Gasteiger partial charge in [0, 0.05) is 18.8 Å². The average molecular weight is 511 g/mol. The quantitative estimate of drug-likeness (QED) is 0.561. The number of fused-ring (bicyclic) bond motifs is 1. The van der Waals surface area contributed by atoms with Crippen molar-refractivity contribution in [2.24, 2.45) is 0 Å². The zero-order chi connectivity index (χ0) is 26.9. The van der Waals surface area contributed by atoms with Gasteiger partial charge in [-0.05, 0) is 80.5 Å². The van der Waals surface area contributed by atoms with Crippen LogP contribution in [0.5, 0.6) is 0 Å². The molecular weight excluding hydrogens is 479 g/mol. The lowest BCUT2D eigenvalue weighted by Crippen LogP contribution is -2.51. The first-order valence-corrected chi connectivity index (χ1v) is 12.3. The molecule has 1 heterocycles. The lowest BCUT2D eigenvalue weighted by Gasteiger charge is -2.33. The van der Waals surface area contributed by atoms with E-state index in [-0.39, 0.29) is 23.9 Å². The summed E-state index contributed by atoms with van der Waals surface area (Å²) >= 11 is 0. The standard InChI is InChI=1S/C27H31FN4O5/c1-16-4-11-22(17-5-7-19(28)8-6-17)32(16)23(33)15-31(26(36)37)24(34)27(2)13-12-18-14-20(9-10-21(18)27)30-25(35)29-3/h5-10,14,16,22H,4,11-13,15H2,1-3H3,(H,36,37)(H2,29,30,35)/t16-,22-,27-/m0/s1. The molecule has 1 fully saturated rings. The number of rotatable bonds is 5. The van der Waals surface area contributed by atoms with E-state index in [1.807, 2.05) is 6.92 Å². The van der Waals surface area contributed by atoms with Crippen molar-refractivity contribution in [3.05, 3.63) is 65.0 Å². The number of carboxylic acid groups (broad SMARTS) is 1. The summed E-state index contributed by atoms with van der Waals surface area (Å²) < 4.78 is 13.4. The Kier molecular flexibility index (Phi) is 7.20. The lowest BCUT2D eigenvalue weighted by atomic mass is 9.82. The molecule has 0 unspecified atom stereocenters. The minimum atomic E-state index is -1.49. The van der Waals surface area contributed by atoms with Gasteiger partial charge in [-0.15, -0.1) is 0 Å². The van der Waals surface area contributed by atoms with Crippen molar-refractivity contribution in [2.75, 3.05) is 18.9 Å². The Bertz CT molecular complexity index is 1230. The first-order valence-electron chi connectivity index (χ1n) is 12.3. The number of aryl methyl sites for hydroxylation is 1. The van der Waals surface area contributed by atoms with Gasteiger partial charge in [0.1, 0.15) is 12.4 Å². The molecule has 0 saturated carbocycles. The molecule has 196 valence electrons. The summed E-state index contributed by atoms with van der Waals surface area (Å²) in [6, 6.07) is 10.3. The van der Waals surface area contributed by atoms with Crippen molar-refractivity contribution in [2.45, 2.75) is 57.0 Å². The first kappa shape index (κ1) is 26.1. The maximum Gasteiger partial charge on any atom is 0.414 e. The van der Waals surface area contributed by atoms with E-state index in [0.29, 0.717) is 41.8 Å². The SMILES string of the molecule is CNC(=O)Nc1ccc2c(c1)CC[C@]2(C)C(=O)N(CC(=O)N1[C@@H](C)CC[C@H]1c1ccc(F)cc1)C(=O)O. The molecule has 2 aromatic rings. The molecule has 1 saturated heterocycles. The number of nitrogens with one attached hydrogen (secondary N) is 2. The fourth-order valence-corrected chi connectivity index (χ4v) is 5.51. The van der Waals surface area contributed by atoms with E-state index in [1.54, 1.807) is 42.2 Å². The third-order valence-electron chi connectivity index (χ3n) is 7.53. The molecule has 37 heavy (non-hydrogen) atoms. The Hall–Kier alpha value is -3.95. The number of amides is 5. The van der Waals surface area contributed by atoms with Crippen molar-refractivity contribution in [3.8, 4) is 0 Å². The third kappa shape index (κ3) is 5.00. The zero-order valence-corrected chi connectivity index (χ0v) is 21.1. The Labute approximate surface area is 214 Å². The van der Waals surface area contributed by atoms with E-state index in [0.717, 1.165) is 11.1 Å². The highest BCUT2D eigenvalue weighted by molar-refractivity contribution is 6.01. The normalized spacial score (nSPS) is 22.3. The summed E-state index contributed by atoms with van der Waals surface area (Å²) in [5.41, 5.74) is 1.72. The molecule has 5 amide bonds. The highest BCUT2D eigenvalue weighted by atomic mass is 19.1. The molecule has 0 bridgehead atoms. The molecule has 2 aliphatic rings. The molecule has 3 N–H and O–H groups in total. The number of carbonyl (C=O) groups excluding carboxylic acids is 3. The molecule has 1 aliphatic carbocycles. The van der Waals surface area contributed by atoms with Gasteiger partial charge in [-0.1, -0.05) is 18.2 Å². The summed E-state index contributed by atoms with van der Waals surface area (Å²) in [5.74, 6) is -1.51. The number of likely N-dealkylation sites (tertiary alicyclic amines) is 1. The van der Waals surface area contributed by atoms with Gasteiger partial charge in [0.15, 0.2) is 0 Å². The maximum absolute atomic E-state index is 13.7. The van der Waals surface area contributed by atoms with Gasteiger partial charge in [0.2, 0.25) is 11.8 Å². The van der Waals surface area contributed by atoms with Crippen LogP contribution in [0, 0.1) is 5.82 Å². The van der Waals surface area contributed by atoms with Gasteiger partial charge in [0.05, 0.1) is 11.5 Å². The van der Waals surface area contributed by atoms with Crippen LogP contribution in [-0.2, 0) is 21.4 Å². The fourth-order valence-electron chi connectivity index (χ4n) is 5.51. The Morgan fingerprint density at radius 1 is 1.14 bits per heavy atom. The number of hydrogen-bond acceptors (Lipinski definition) is 4. The van der Waals surface area contributed by atoms with Crippen molar-refractivity contribution in [1.29, 1.82) is 0 Å². The van der Waals surface area contributed by atoms with E-state index in [2.05, 4.69) is 10.6 Å². The van der Waals surface area contributed by atoms with Crippen LogP contribution in [0.2, 0.25) is 0 Å². The van der Waals surface area contributed by atoms with E-state index in [4.69, 9.17) is 0 Å². The summed E-state index contributed by atoms with van der Waals surface area (Å²) in [7, 11) is 1.50. The molecule has 9 nitrogen and oxygen atoms in total. The summed E-state index contributed by atoms with van der Waals surface area (Å²) in [6.45, 7) is 2.97. The zero-order valence-electron chi connectivity index (χ0n) is 21.1. The minimum Gasteiger partial charge on any atom is -0.465 e. The van der Waals surface area contributed by atoms with Crippen LogP contribution in [0.3, 0.4) is 0 Å². The predicted octanol–water partition coefficient (Wildman–Crippen LogP) is 4.04. The molecular formula is C27H31FN4O5. The minimum absolute atomic E-state index is 0.151. The Morgan fingerprint density at radius 3 is 2.49 bits per heavy atom. The van der Waals surface area contributed by atoms with Crippen LogP contribution in [0.25, 0.3) is 0 Å². The van der Waals surface area contributed by atoms with Crippen molar-refractivity contribution >= 4 is 29.6 Å². The smallest absolute Gasteiger partial charge is 0.414 e. The number of benzene rings is 2. The molecule has 0 spiro atoms. The van der Waals surface area contributed by atoms with E-state index in [9.17, 15) is 28.7 Å². The second kappa shape index (κ2) is 10.2. The third-order valence-corrected chi connectivity index (χ3v) is 7.53. The summed E-state index contributed by atoms with van der Waals surface area (Å²) in [6.07, 6.45) is 0.790. The van der Waals surface area contributed by atoms with Crippen LogP contribution in [0.1, 0.15) is 55.8 Å². The molecule has 3 atom stereocenters. The van der Waals surface area contributed by atoms with E-state index >= 15 is 0 Å². The van der Waals surface area contributed by atoms with Gasteiger partial charge in [-0.3, -0.25) is 9.59 Å². The van der Waals surface area contributed by atoms with Gasteiger partial charge in [-0.25, -0.2) is 18.9 Å². The van der Waals surface area contributed by atoms with Crippen LogP contribution in [0.15, 0.2) is 42.5 Å². The average Bonchev–Trinajstić information content (AvgIpc) is 3.42. The second-order valence-corrected chi connectivity index (χ2v) is 9.88. The van der Waals surface area contributed by atoms with Crippen LogP contribution < -0.4 is 10.6 Å². The summed E-state index contributed by atoms with van der Waals surface area (Å²) in [4.78, 5) is 53.2. The molecule has 1 aliphatic heterocycles. The highest BCUT2D eigenvalue weighted by Gasteiger charge is 2.46. The predicted molar refractivity (Wildman–Crippen MR) is 135 cm³/mol. The summed E-state index contributed by atoms with van der Waals surface area (Å²) in [5, 5.41) is 15.1. The number of carbonyl (C=O) groups is 4. The van der Waals surface area contributed by atoms with Gasteiger partial charge in [-0.2, -0.15) is 0 Å². The molecule has 0 radical (unpaired) electrons. The fraction of sp³-hybridized carbons (Fsp3) is 0.407. The highest BCUT2D eigenvalue weighted by Crippen LogP contribution is 2.42. The van der Waals surface area contributed by atoms with Crippen LogP contribution in [0.4, 0.5) is 19.7 Å². The molecule has 2 aromatic carbocycles. The number of nitrogens with zero attached hydrogens (tertiary/aromatic N) is 2. The Balaban J connectivity index is 1.55. The van der Waals surface area contributed by atoms with Crippen molar-refractivity contribution < 1.29 is 28.7 Å². The molecule has 0 aromatic heterocycles. The number of halogens is 1. The monoisotopic (exact) mass is 510 g/mol. The van der Waals surface area contributed by atoms with Crippen LogP contribution >= 0.6 is 0 Å².